The van der Waals surface area contributed by atoms with Crippen molar-refractivity contribution in [3.8, 4) is 0 Å². The Labute approximate surface area is 144 Å². The standard InChI is InChI=1S/C18H29BrClN/c1-2-3-4-5-6-7-8-9-10-11-14-21-16-12-13-18(20)17(19)15-16/h12-13,15,21H,2-11,14H2,1H3. The van der Waals surface area contributed by atoms with Gasteiger partial charge in [0.05, 0.1) is 5.02 Å². The molecule has 21 heavy (non-hydrogen) atoms. The normalized spacial score (nSPS) is 10.8. The number of halogens is 2. The van der Waals surface area contributed by atoms with Gasteiger partial charge in [-0.2, -0.15) is 0 Å². The second kappa shape index (κ2) is 12.3. The first-order valence-electron chi connectivity index (χ1n) is 8.43. The first-order chi connectivity index (χ1) is 10.2. The zero-order chi connectivity index (χ0) is 15.3. The summed E-state index contributed by atoms with van der Waals surface area (Å²) < 4.78 is 0.956. The molecule has 0 amide bonds. The SMILES string of the molecule is CCCCCCCCCCCCNc1ccc(Cl)c(Br)c1. The van der Waals surface area contributed by atoms with Crippen molar-refractivity contribution in [3.63, 3.8) is 0 Å². The Morgan fingerprint density at radius 2 is 1.48 bits per heavy atom. The van der Waals surface area contributed by atoms with Crippen molar-refractivity contribution >= 4 is 33.2 Å². The Hall–Kier alpha value is -0.210. The zero-order valence-corrected chi connectivity index (χ0v) is 15.6. The molecule has 0 aromatic heterocycles. The van der Waals surface area contributed by atoms with Crippen LogP contribution in [-0.2, 0) is 0 Å². The van der Waals surface area contributed by atoms with E-state index in [1.807, 2.05) is 18.2 Å². The molecule has 1 aromatic rings. The molecule has 0 aliphatic heterocycles. The van der Waals surface area contributed by atoms with E-state index < -0.39 is 0 Å². The predicted molar refractivity (Wildman–Crippen MR) is 99.5 cm³/mol. The van der Waals surface area contributed by atoms with Gasteiger partial charge >= 0.3 is 0 Å². The van der Waals surface area contributed by atoms with Gasteiger partial charge in [0.2, 0.25) is 0 Å². The average Bonchev–Trinajstić information content (AvgIpc) is 2.48. The quantitative estimate of drug-likeness (QED) is 0.375. The van der Waals surface area contributed by atoms with E-state index in [2.05, 4.69) is 28.2 Å². The fourth-order valence-electron chi connectivity index (χ4n) is 2.45. The third-order valence-electron chi connectivity index (χ3n) is 3.78. The molecule has 120 valence electrons. The molecule has 0 saturated carbocycles. The Kier molecular flexibility index (Phi) is 11.1. The van der Waals surface area contributed by atoms with Crippen LogP contribution < -0.4 is 5.32 Å². The topological polar surface area (TPSA) is 12.0 Å². The monoisotopic (exact) mass is 373 g/mol. The molecule has 0 fully saturated rings. The summed E-state index contributed by atoms with van der Waals surface area (Å²) in [6.45, 7) is 3.32. The molecular weight excluding hydrogens is 346 g/mol. The lowest BCUT2D eigenvalue weighted by atomic mass is 10.1. The average molecular weight is 375 g/mol. The summed E-state index contributed by atoms with van der Waals surface area (Å²) in [5.74, 6) is 0. The lowest BCUT2D eigenvalue weighted by Gasteiger charge is -2.07. The van der Waals surface area contributed by atoms with Crippen molar-refractivity contribution in [1.82, 2.24) is 0 Å². The van der Waals surface area contributed by atoms with Gasteiger partial charge in [-0.1, -0.05) is 76.3 Å². The van der Waals surface area contributed by atoms with Crippen molar-refractivity contribution in [2.45, 2.75) is 71.1 Å². The molecule has 0 saturated heterocycles. The maximum absolute atomic E-state index is 5.98. The van der Waals surface area contributed by atoms with Crippen molar-refractivity contribution in [2.24, 2.45) is 0 Å². The first kappa shape index (κ1) is 18.8. The van der Waals surface area contributed by atoms with Gasteiger partial charge in [-0.25, -0.2) is 0 Å². The van der Waals surface area contributed by atoms with Crippen molar-refractivity contribution in [1.29, 1.82) is 0 Å². The second-order valence-electron chi connectivity index (χ2n) is 5.74. The summed E-state index contributed by atoms with van der Waals surface area (Å²) in [6, 6.07) is 5.99. The van der Waals surface area contributed by atoms with Crippen LogP contribution in [0.3, 0.4) is 0 Å². The van der Waals surface area contributed by atoms with E-state index in [0.717, 1.165) is 21.7 Å². The zero-order valence-electron chi connectivity index (χ0n) is 13.3. The molecule has 0 aliphatic rings. The molecular formula is C18H29BrClN. The third kappa shape index (κ3) is 9.42. The molecule has 1 N–H and O–H groups in total. The minimum absolute atomic E-state index is 0.763. The molecule has 0 bridgehead atoms. The molecule has 0 heterocycles. The fraction of sp³-hybridized carbons (Fsp3) is 0.667. The lowest BCUT2D eigenvalue weighted by Crippen LogP contribution is -2.01. The van der Waals surface area contributed by atoms with Crippen LogP contribution in [0.1, 0.15) is 71.1 Å². The summed E-state index contributed by atoms with van der Waals surface area (Å²) >= 11 is 9.43. The van der Waals surface area contributed by atoms with E-state index >= 15 is 0 Å². The van der Waals surface area contributed by atoms with Crippen LogP contribution in [0.5, 0.6) is 0 Å². The Balaban J connectivity index is 1.91. The van der Waals surface area contributed by atoms with Gasteiger partial charge in [0.1, 0.15) is 0 Å². The van der Waals surface area contributed by atoms with Crippen LogP contribution in [-0.4, -0.2) is 6.54 Å². The van der Waals surface area contributed by atoms with E-state index in [9.17, 15) is 0 Å². The minimum Gasteiger partial charge on any atom is -0.385 e. The van der Waals surface area contributed by atoms with Gasteiger partial charge in [-0.05, 0) is 40.5 Å². The molecule has 1 aromatic carbocycles. The third-order valence-corrected chi connectivity index (χ3v) is 4.99. The van der Waals surface area contributed by atoms with Crippen molar-refractivity contribution < 1.29 is 0 Å². The summed E-state index contributed by atoms with van der Waals surface area (Å²) in [4.78, 5) is 0. The van der Waals surface area contributed by atoms with Crippen LogP contribution >= 0.6 is 27.5 Å². The van der Waals surface area contributed by atoms with E-state index in [0.29, 0.717) is 0 Å². The van der Waals surface area contributed by atoms with Crippen molar-refractivity contribution in [2.75, 3.05) is 11.9 Å². The number of nitrogens with one attached hydrogen (secondary N) is 1. The molecule has 0 radical (unpaired) electrons. The Morgan fingerprint density at radius 1 is 0.905 bits per heavy atom. The minimum atomic E-state index is 0.763. The van der Waals surface area contributed by atoms with Crippen LogP contribution in [0.25, 0.3) is 0 Å². The fourth-order valence-corrected chi connectivity index (χ4v) is 2.95. The molecule has 0 spiro atoms. The molecule has 0 unspecified atom stereocenters. The highest BCUT2D eigenvalue weighted by atomic mass is 79.9. The lowest BCUT2D eigenvalue weighted by molar-refractivity contribution is 0.560. The number of unbranched alkanes of at least 4 members (excludes halogenated alkanes) is 9. The van der Waals surface area contributed by atoms with Crippen LogP contribution in [0, 0.1) is 0 Å². The molecule has 0 atom stereocenters. The van der Waals surface area contributed by atoms with E-state index in [1.54, 1.807) is 0 Å². The highest BCUT2D eigenvalue weighted by molar-refractivity contribution is 9.10. The summed E-state index contributed by atoms with van der Waals surface area (Å²) in [6.07, 6.45) is 13.8. The van der Waals surface area contributed by atoms with Crippen LogP contribution in [0.15, 0.2) is 22.7 Å². The van der Waals surface area contributed by atoms with Crippen LogP contribution in [0.2, 0.25) is 5.02 Å². The van der Waals surface area contributed by atoms with E-state index in [1.165, 1.54) is 64.2 Å². The molecule has 1 rings (SSSR count). The van der Waals surface area contributed by atoms with E-state index in [-0.39, 0.29) is 0 Å². The number of anilines is 1. The number of rotatable bonds is 12. The van der Waals surface area contributed by atoms with Gasteiger partial charge in [-0.3, -0.25) is 0 Å². The number of benzene rings is 1. The second-order valence-corrected chi connectivity index (χ2v) is 7.00. The van der Waals surface area contributed by atoms with Gasteiger partial charge < -0.3 is 5.32 Å². The van der Waals surface area contributed by atoms with Gasteiger partial charge in [0.15, 0.2) is 0 Å². The summed E-state index contributed by atoms with van der Waals surface area (Å²) in [7, 11) is 0. The molecule has 1 nitrogen and oxygen atoms in total. The summed E-state index contributed by atoms with van der Waals surface area (Å²) in [5, 5.41) is 4.21. The highest BCUT2D eigenvalue weighted by Gasteiger charge is 1.98. The first-order valence-corrected chi connectivity index (χ1v) is 9.60. The number of hydrogen-bond acceptors (Lipinski definition) is 1. The predicted octanol–water partition coefficient (Wildman–Crippen LogP) is 7.44. The van der Waals surface area contributed by atoms with Crippen molar-refractivity contribution in [3.05, 3.63) is 27.7 Å². The smallest absolute Gasteiger partial charge is 0.0549 e. The largest absolute Gasteiger partial charge is 0.385 e. The Morgan fingerprint density at radius 3 is 2.05 bits per heavy atom. The maximum atomic E-state index is 5.98. The summed E-state index contributed by atoms with van der Waals surface area (Å²) in [5.41, 5.74) is 1.14. The number of hydrogen-bond donors (Lipinski definition) is 1. The Bertz CT molecular complexity index is 381. The van der Waals surface area contributed by atoms with Gasteiger partial charge in [0, 0.05) is 16.7 Å². The van der Waals surface area contributed by atoms with E-state index in [4.69, 9.17) is 11.6 Å². The van der Waals surface area contributed by atoms with Gasteiger partial charge in [-0.15, -0.1) is 0 Å². The molecule has 3 heteroatoms. The molecule has 0 aliphatic carbocycles. The van der Waals surface area contributed by atoms with Gasteiger partial charge in [0.25, 0.3) is 0 Å². The van der Waals surface area contributed by atoms with Crippen LogP contribution in [0.4, 0.5) is 5.69 Å². The highest BCUT2D eigenvalue weighted by Crippen LogP contribution is 2.25. The maximum Gasteiger partial charge on any atom is 0.0549 e.